The number of halogens is 2. The molecule has 1 aromatic rings. The number of nitrogens with one attached hydrogen (secondary N) is 2. The number of hydrogen-bond acceptors (Lipinski definition) is 4. The molecule has 106 valence electrons. The molecular formula is C12H16Cl2N2O3. The van der Waals surface area contributed by atoms with Gasteiger partial charge in [0.05, 0.1) is 25.3 Å². The van der Waals surface area contributed by atoms with Crippen LogP contribution in [0.25, 0.3) is 0 Å². The predicted molar refractivity (Wildman–Crippen MR) is 76.5 cm³/mol. The summed E-state index contributed by atoms with van der Waals surface area (Å²) in [5.74, 6) is 0.449. The Morgan fingerprint density at radius 1 is 1.58 bits per heavy atom. The first-order chi connectivity index (χ1) is 8.70. The minimum Gasteiger partial charge on any atom is -0.495 e. The molecular weight excluding hydrogens is 291 g/mol. The van der Waals surface area contributed by atoms with E-state index in [1.807, 2.05) is 0 Å². The van der Waals surface area contributed by atoms with Crippen molar-refractivity contribution in [3.05, 3.63) is 23.2 Å². The van der Waals surface area contributed by atoms with Crippen molar-refractivity contribution in [2.45, 2.75) is 6.04 Å². The van der Waals surface area contributed by atoms with Gasteiger partial charge in [0.15, 0.2) is 0 Å². The van der Waals surface area contributed by atoms with Crippen molar-refractivity contribution in [3.8, 4) is 5.75 Å². The van der Waals surface area contributed by atoms with E-state index in [2.05, 4.69) is 10.6 Å². The number of amides is 1. The highest BCUT2D eigenvalue weighted by atomic mass is 35.5. The lowest BCUT2D eigenvalue weighted by molar-refractivity contribution is -0.120. The largest absolute Gasteiger partial charge is 0.495 e. The summed E-state index contributed by atoms with van der Waals surface area (Å²) >= 11 is 5.98. The van der Waals surface area contributed by atoms with Gasteiger partial charge in [-0.2, -0.15) is 0 Å². The smallest absolute Gasteiger partial charge is 0.243 e. The van der Waals surface area contributed by atoms with Crippen molar-refractivity contribution in [3.63, 3.8) is 0 Å². The van der Waals surface area contributed by atoms with Gasteiger partial charge in [-0.15, -0.1) is 12.4 Å². The van der Waals surface area contributed by atoms with Gasteiger partial charge in [-0.05, 0) is 18.2 Å². The Labute approximate surface area is 123 Å². The zero-order chi connectivity index (χ0) is 13.0. The van der Waals surface area contributed by atoms with E-state index in [1.54, 1.807) is 25.3 Å². The minimum absolute atomic E-state index is 0. The average molecular weight is 307 g/mol. The molecule has 1 amide bonds. The number of carbonyl (C=O) groups excluding carboxylic acids is 1. The highest BCUT2D eigenvalue weighted by Crippen LogP contribution is 2.27. The summed E-state index contributed by atoms with van der Waals surface area (Å²) in [6.45, 7) is 1.70. The quantitative estimate of drug-likeness (QED) is 0.892. The third-order valence-electron chi connectivity index (χ3n) is 2.66. The maximum absolute atomic E-state index is 11.9. The highest BCUT2D eigenvalue weighted by Gasteiger charge is 2.21. The van der Waals surface area contributed by atoms with E-state index in [0.717, 1.165) is 0 Å². The van der Waals surface area contributed by atoms with Crippen molar-refractivity contribution in [2.75, 3.05) is 32.2 Å². The number of ether oxygens (including phenoxy) is 2. The standard InChI is InChI=1S/C12H15ClN2O3.ClH/c1-17-11-3-2-8(6-9(11)13)15-12(16)10-7-18-5-4-14-10;/h2-3,6,10,14H,4-5,7H2,1H3,(H,15,16);1H. The lowest BCUT2D eigenvalue weighted by atomic mass is 10.2. The van der Waals surface area contributed by atoms with Crippen LogP contribution in [-0.2, 0) is 9.53 Å². The molecule has 19 heavy (non-hydrogen) atoms. The molecule has 1 heterocycles. The monoisotopic (exact) mass is 306 g/mol. The van der Waals surface area contributed by atoms with Gasteiger partial charge in [-0.25, -0.2) is 0 Å². The van der Waals surface area contributed by atoms with Gasteiger partial charge in [0.1, 0.15) is 11.8 Å². The Kier molecular flexibility index (Phi) is 6.37. The normalized spacial score (nSPS) is 18.3. The molecule has 0 aromatic heterocycles. The fraction of sp³-hybridized carbons (Fsp3) is 0.417. The maximum atomic E-state index is 11.9. The molecule has 1 aromatic carbocycles. The van der Waals surface area contributed by atoms with E-state index in [9.17, 15) is 4.79 Å². The van der Waals surface area contributed by atoms with E-state index in [1.165, 1.54) is 0 Å². The van der Waals surface area contributed by atoms with Crippen LogP contribution in [0.1, 0.15) is 0 Å². The molecule has 1 aliphatic rings. The molecule has 1 atom stereocenters. The van der Waals surface area contributed by atoms with Crippen LogP contribution in [0.3, 0.4) is 0 Å². The van der Waals surface area contributed by atoms with Crippen molar-refractivity contribution >= 4 is 35.6 Å². The number of benzene rings is 1. The molecule has 0 bridgehead atoms. The first-order valence-corrected chi connectivity index (χ1v) is 6.04. The van der Waals surface area contributed by atoms with Gasteiger partial charge in [0.2, 0.25) is 5.91 Å². The van der Waals surface area contributed by atoms with Crippen LogP contribution in [-0.4, -0.2) is 38.8 Å². The Morgan fingerprint density at radius 2 is 2.37 bits per heavy atom. The molecule has 1 saturated heterocycles. The van der Waals surface area contributed by atoms with Crippen molar-refractivity contribution < 1.29 is 14.3 Å². The summed E-state index contributed by atoms with van der Waals surface area (Å²) in [5, 5.41) is 6.33. The fourth-order valence-corrected chi connectivity index (χ4v) is 1.97. The summed E-state index contributed by atoms with van der Waals surface area (Å²) in [6.07, 6.45) is 0. The summed E-state index contributed by atoms with van der Waals surface area (Å²) in [5.41, 5.74) is 0.637. The van der Waals surface area contributed by atoms with E-state index >= 15 is 0 Å². The van der Waals surface area contributed by atoms with Crippen LogP contribution in [0.5, 0.6) is 5.75 Å². The third-order valence-corrected chi connectivity index (χ3v) is 2.95. The number of morpholine rings is 1. The Hall–Kier alpha value is -1.01. The van der Waals surface area contributed by atoms with Crippen LogP contribution in [0.15, 0.2) is 18.2 Å². The van der Waals surface area contributed by atoms with Gasteiger partial charge in [0, 0.05) is 12.2 Å². The Balaban J connectivity index is 0.00000180. The van der Waals surface area contributed by atoms with Gasteiger partial charge in [-0.1, -0.05) is 11.6 Å². The van der Waals surface area contributed by atoms with E-state index in [-0.39, 0.29) is 24.4 Å². The Morgan fingerprint density at radius 3 is 2.95 bits per heavy atom. The minimum atomic E-state index is -0.320. The summed E-state index contributed by atoms with van der Waals surface area (Å²) < 4.78 is 10.3. The molecule has 0 radical (unpaired) electrons. The van der Waals surface area contributed by atoms with Crippen molar-refractivity contribution in [1.82, 2.24) is 5.32 Å². The fourth-order valence-electron chi connectivity index (χ4n) is 1.71. The van der Waals surface area contributed by atoms with Crippen LogP contribution in [0, 0.1) is 0 Å². The van der Waals surface area contributed by atoms with Crippen LogP contribution >= 0.6 is 24.0 Å². The molecule has 7 heteroatoms. The number of anilines is 1. The topological polar surface area (TPSA) is 59.6 Å². The predicted octanol–water partition coefficient (Wildman–Crippen LogP) is 1.70. The lowest BCUT2D eigenvalue weighted by Crippen LogP contribution is -2.48. The summed E-state index contributed by atoms with van der Waals surface area (Å²) in [6, 6.07) is 4.79. The Bertz CT molecular complexity index is 437. The molecule has 2 N–H and O–H groups in total. The number of rotatable bonds is 3. The van der Waals surface area contributed by atoms with Crippen molar-refractivity contribution in [1.29, 1.82) is 0 Å². The van der Waals surface area contributed by atoms with E-state index in [4.69, 9.17) is 21.1 Å². The third kappa shape index (κ3) is 4.24. The molecule has 0 saturated carbocycles. The van der Waals surface area contributed by atoms with E-state index in [0.29, 0.717) is 36.2 Å². The number of carbonyl (C=O) groups is 1. The van der Waals surface area contributed by atoms with E-state index < -0.39 is 0 Å². The second-order valence-corrected chi connectivity index (χ2v) is 4.33. The first-order valence-electron chi connectivity index (χ1n) is 5.66. The first kappa shape index (κ1) is 16.0. The lowest BCUT2D eigenvalue weighted by Gasteiger charge is -2.22. The van der Waals surface area contributed by atoms with Crippen molar-refractivity contribution in [2.24, 2.45) is 0 Å². The maximum Gasteiger partial charge on any atom is 0.243 e. The second-order valence-electron chi connectivity index (χ2n) is 3.92. The molecule has 5 nitrogen and oxygen atoms in total. The number of methoxy groups -OCH3 is 1. The van der Waals surface area contributed by atoms with Gasteiger partial charge < -0.3 is 20.1 Å². The molecule has 1 unspecified atom stereocenters. The number of hydrogen-bond donors (Lipinski definition) is 2. The van der Waals surface area contributed by atoms with Gasteiger partial charge >= 0.3 is 0 Å². The summed E-state index contributed by atoms with van der Waals surface area (Å²) in [4.78, 5) is 11.9. The zero-order valence-corrected chi connectivity index (χ0v) is 12.0. The second kappa shape index (κ2) is 7.55. The molecule has 1 fully saturated rings. The van der Waals surface area contributed by atoms with Crippen LogP contribution < -0.4 is 15.4 Å². The highest BCUT2D eigenvalue weighted by molar-refractivity contribution is 6.32. The van der Waals surface area contributed by atoms with Crippen LogP contribution in [0.2, 0.25) is 5.02 Å². The average Bonchev–Trinajstić information content (AvgIpc) is 2.40. The van der Waals surface area contributed by atoms with Gasteiger partial charge in [0.25, 0.3) is 0 Å². The SMILES string of the molecule is COc1ccc(NC(=O)C2COCCN2)cc1Cl.Cl. The van der Waals surface area contributed by atoms with Crippen LogP contribution in [0.4, 0.5) is 5.69 Å². The molecule has 0 aliphatic carbocycles. The van der Waals surface area contributed by atoms with Gasteiger partial charge in [-0.3, -0.25) is 4.79 Å². The summed E-state index contributed by atoms with van der Waals surface area (Å²) in [7, 11) is 1.54. The molecule has 1 aliphatic heterocycles. The molecule has 2 rings (SSSR count). The zero-order valence-electron chi connectivity index (χ0n) is 10.4. The molecule has 0 spiro atoms.